The molecule has 3 rings (SSSR count). The molecule has 1 amide bonds. The number of benzene rings is 1. The lowest BCUT2D eigenvalue weighted by Crippen LogP contribution is -2.37. The summed E-state index contributed by atoms with van der Waals surface area (Å²) in [5, 5.41) is 11.9. The summed E-state index contributed by atoms with van der Waals surface area (Å²) < 4.78 is 31.9. The first-order chi connectivity index (χ1) is 10.5. The largest absolute Gasteiger partial charge is 0.371 e. The second-order valence-electron chi connectivity index (χ2n) is 6.00. The Bertz CT molecular complexity index is 638. The molecule has 1 aliphatic carbocycles. The summed E-state index contributed by atoms with van der Waals surface area (Å²) >= 11 is 0. The van der Waals surface area contributed by atoms with Gasteiger partial charge in [-0.1, -0.05) is 6.07 Å². The highest BCUT2D eigenvalue weighted by Crippen LogP contribution is 2.48. The van der Waals surface area contributed by atoms with Gasteiger partial charge >= 0.3 is 0 Å². The van der Waals surface area contributed by atoms with Gasteiger partial charge in [0.1, 0.15) is 6.10 Å². The van der Waals surface area contributed by atoms with E-state index in [0.29, 0.717) is 18.6 Å². The van der Waals surface area contributed by atoms with E-state index in [4.69, 9.17) is 10.00 Å². The number of amides is 1. The predicted molar refractivity (Wildman–Crippen MR) is 73.5 cm³/mol. The van der Waals surface area contributed by atoms with E-state index in [0.717, 1.165) is 25.0 Å². The number of halogens is 2. The first-order valence-corrected chi connectivity index (χ1v) is 7.30. The third kappa shape index (κ3) is 2.95. The first kappa shape index (κ1) is 14.9. The van der Waals surface area contributed by atoms with Crippen molar-refractivity contribution in [2.75, 3.05) is 6.61 Å². The van der Waals surface area contributed by atoms with Crippen molar-refractivity contribution >= 4 is 5.91 Å². The third-order valence-corrected chi connectivity index (χ3v) is 4.30. The topological polar surface area (TPSA) is 62.1 Å². The number of carbonyl (C=O) groups excluding carboxylic acids is 1. The van der Waals surface area contributed by atoms with Crippen LogP contribution >= 0.6 is 0 Å². The normalized spacial score (nSPS) is 25.5. The molecular weight excluding hydrogens is 290 g/mol. The first-order valence-electron chi connectivity index (χ1n) is 7.30. The molecule has 2 aliphatic rings. The lowest BCUT2D eigenvalue weighted by molar-refractivity contribution is -0.123. The number of nitrogens with zero attached hydrogens (tertiary/aromatic N) is 1. The molecule has 1 saturated heterocycles. The van der Waals surface area contributed by atoms with Crippen LogP contribution in [0.15, 0.2) is 18.2 Å². The fraction of sp³-hybridized carbons (Fsp3) is 0.500. The molecule has 0 bridgehead atoms. The van der Waals surface area contributed by atoms with E-state index in [1.54, 1.807) is 0 Å². The van der Waals surface area contributed by atoms with Crippen LogP contribution in [0.5, 0.6) is 0 Å². The average molecular weight is 306 g/mol. The highest BCUT2D eigenvalue weighted by atomic mass is 19.2. The summed E-state index contributed by atoms with van der Waals surface area (Å²) in [6.45, 7) is 0.442. The third-order valence-electron chi connectivity index (χ3n) is 4.30. The van der Waals surface area contributed by atoms with Gasteiger partial charge in [-0.2, -0.15) is 5.26 Å². The number of nitriles is 1. The van der Waals surface area contributed by atoms with Crippen molar-refractivity contribution in [3.63, 3.8) is 0 Å². The predicted octanol–water partition coefficient (Wildman–Crippen LogP) is 2.60. The summed E-state index contributed by atoms with van der Waals surface area (Å²) in [7, 11) is 0. The minimum Gasteiger partial charge on any atom is -0.371 e. The molecule has 1 N–H and O–H groups in total. The lowest BCUT2D eigenvalue weighted by Gasteiger charge is -2.21. The Labute approximate surface area is 127 Å². The summed E-state index contributed by atoms with van der Waals surface area (Å²) in [6, 6.07) is 5.51. The van der Waals surface area contributed by atoms with Crippen LogP contribution in [0.2, 0.25) is 0 Å². The molecule has 1 aliphatic heterocycles. The average Bonchev–Trinajstić information content (AvgIpc) is 3.11. The SMILES string of the molecule is N#CC1(CC(=O)N[C@@H]2CCO[C@H]2c2ccc(F)c(F)c2)CC1. The summed E-state index contributed by atoms with van der Waals surface area (Å²) in [5.41, 5.74) is 0.00390. The van der Waals surface area contributed by atoms with E-state index < -0.39 is 23.2 Å². The van der Waals surface area contributed by atoms with Gasteiger partial charge < -0.3 is 10.1 Å². The molecule has 2 fully saturated rings. The summed E-state index contributed by atoms with van der Waals surface area (Å²) in [6.07, 6.45) is 1.81. The molecule has 0 aromatic heterocycles. The monoisotopic (exact) mass is 306 g/mol. The van der Waals surface area contributed by atoms with Crippen LogP contribution in [0.25, 0.3) is 0 Å². The highest BCUT2D eigenvalue weighted by molar-refractivity contribution is 5.78. The molecule has 0 radical (unpaired) electrons. The zero-order valence-corrected chi connectivity index (χ0v) is 11.9. The fourth-order valence-electron chi connectivity index (χ4n) is 2.80. The molecule has 2 atom stereocenters. The van der Waals surface area contributed by atoms with Crippen molar-refractivity contribution in [3.05, 3.63) is 35.4 Å². The van der Waals surface area contributed by atoms with E-state index in [9.17, 15) is 13.6 Å². The van der Waals surface area contributed by atoms with E-state index >= 15 is 0 Å². The van der Waals surface area contributed by atoms with Crippen LogP contribution in [0.1, 0.15) is 37.4 Å². The van der Waals surface area contributed by atoms with Gasteiger partial charge in [-0.3, -0.25) is 4.79 Å². The van der Waals surface area contributed by atoms with Crippen LogP contribution in [-0.4, -0.2) is 18.6 Å². The van der Waals surface area contributed by atoms with E-state index in [1.807, 2.05) is 0 Å². The molecule has 6 heteroatoms. The minimum absolute atomic E-state index is 0.185. The Morgan fingerprint density at radius 1 is 1.41 bits per heavy atom. The van der Waals surface area contributed by atoms with Crippen LogP contribution in [-0.2, 0) is 9.53 Å². The zero-order chi connectivity index (χ0) is 15.7. The van der Waals surface area contributed by atoms with Crippen LogP contribution in [0.4, 0.5) is 8.78 Å². The Morgan fingerprint density at radius 2 is 2.18 bits per heavy atom. The van der Waals surface area contributed by atoms with Gasteiger partial charge in [0.2, 0.25) is 5.91 Å². The molecule has 0 spiro atoms. The van der Waals surface area contributed by atoms with Gasteiger partial charge in [-0.25, -0.2) is 8.78 Å². The Hall–Kier alpha value is -2.00. The molecular formula is C16H16F2N2O2. The van der Waals surface area contributed by atoms with Crippen molar-refractivity contribution in [1.29, 1.82) is 5.26 Å². The number of carbonyl (C=O) groups is 1. The van der Waals surface area contributed by atoms with Crippen molar-refractivity contribution in [3.8, 4) is 6.07 Å². The van der Waals surface area contributed by atoms with Crippen molar-refractivity contribution < 1.29 is 18.3 Å². The summed E-state index contributed by atoms with van der Waals surface area (Å²) in [4.78, 5) is 12.1. The highest BCUT2D eigenvalue weighted by Gasteiger charge is 2.45. The minimum atomic E-state index is -0.931. The smallest absolute Gasteiger partial charge is 0.221 e. The zero-order valence-electron chi connectivity index (χ0n) is 11.9. The fourth-order valence-corrected chi connectivity index (χ4v) is 2.80. The van der Waals surface area contributed by atoms with Crippen LogP contribution in [0.3, 0.4) is 0 Å². The van der Waals surface area contributed by atoms with Gasteiger partial charge in [0.15, 0.2) is 11.6 Å². The Kier molecular flexibility index (Phi) is 3.83. The molecule has 1 saturated carbocycles. The second kappa shape index (κ2) is 5.65. The van der Waals surface area contributed by atoms with Crippen molar-refractivity contribution in [2.24, 2.45) is 5.41 Å². The van der Waals surface area contributed by atoms with E-state index in [-0.39, 0.29) is 18.4 Å². The standard InChI is InChI=1S/C16H16F2N2O2/c17-11-2-1-10(7-12(11)18)15-13(3-6-22-15)20-14(21)8-16(9-19)4-5-16/h1-2,7,13,15H,3-6,8H2,(H,20,21)/t13-,15+/m1/s1. The van der Waals surface area contributed by atoms with E-state index in [2.05, 4.69) is 11.4 Å². The van der Waals surface area contributed by atoms with Crippen LogP contribution < -0.4 is 5.32 Å². The molecule has 1 aromatic rings. The maximum atomic E-state index is 13.3. The second-order valence-corrected chi connectivity index (χ2v) is 6.00. The number of hydrogen-bond donors (Lipinski definition) is 1. The van der Waals surface area contributed by atoms with Gasteiger partial charge in [-0.15, -0.1) is 0 Å². The van der Waals surface area contributed by atoms with Crippen molar-refractivity contribution in [2.45, 2.75) is 37.8 Å². The number of rotatable bonds is 4. The molecule has 4 nitrogen and oxygen atoms in total. The van der Waals surface area contributed by atoms with Gasteiger partial charge in [-0.05, 0) is 37.0 Å². The quantitative estimate of drug-likeness (QED) is 0.930. The Balaban J connectivity index is 1.66. The van der Waals surface area contributed by atoms with Crippen molar-refractivity contribution in [1.82, 2.24) is 5.32 Å². The number of hydrogen-bond acceptors (Lipinski definition) is 3. The molecule has 1 heterocycles. The lowest BCUT2D eigenvalue weighted by atomic mass is 10.00. The maximum Gasteiger partial charge on any atom is 0.221 e. The van der Waals surface area contributed by atoms with E-state index in [1.165, 1.54) is 6.07 Å². The molecule has 1 aromatic carbocycles. The molecule has 0 unspecified atom stereocenters. The van der Waals surface area contributed by atoms with Crippen LogP contribution in [0, 0.1) is 28.4 Å². The van der Waals surface area contributed by atoms with Gasteiger partial charge in [0, 0.05) is 13.0 Å². The van der Waals surface area contributed by atoms with Gasteiger partial charge in [0.25, 0.3) is 0 Å². The number of nitrogens with one attached hydrogen (secondary N) is 1. The number of ether oxygens (including phenoxy) is 1. The molecule has 22 heavy (non-hydrogen) atoms. The van der Waals surface area contributed by atoms with Gasteiger partial charge in [0.05, 0.1) is 17.5 Å². The maximum absolute atomic E-state index is 13.3. The molecule has 116 valence electrons. The Morgan fingerprint density at radius 3 is 2.82 bits per heavy atom. The summed E-state index contributed by atoms with van der Waals surface area (Å²) in [5.74, 6) is -2.03.